The van der Waals surface area contributed by atoms with E-state index in [2.05, 4.69) is 67.9 Å². The molecule has 0 aliphatic heterocycles. The van der Waals surface area contributed by atoms with Crippen LogP contribution in [0.25, 0.3) is 11.3 Å². The van der Waals surface area contributed by atoms with Gasteiger partial charge in [-0.3, -0.25) is 14.6 Å². The van der Waals surface area contributed by atoms with Gasteiger partial charge in [0.05, 0.1) is 17.8 Å². The van der Waals surface area contributed by atoms with Gasteiger partial charge >= 0.3 is 0 Å². The van der Waals surface area contributed by atoms with Crippen molar-refractivity contribution in [2.45, 2.75) is 46.1 Å². The average molecular weight is 478 g/mol. The third kappa shape index (κ3) is 6.29. The molecular weight excluding hydrogens is 446 g/mol. The van der Waals surface area contributed by atoms with Crippen LogP contribution in [0.5, 0.6) is 0 Å². The molecule has 2 aromatic heterocycles. The number of aromatic nitrogens is 2. The lowest BCUT2D eigenvalue weighted by atomic mass is 9.95. The molecule has 0 aliphatic rings. The molecular formula is C26H31N5O2S. The molecule has 0 radical (unpaired) electrons. The highest BCUT2D eigenvalue weighted by Crippen LogP contribution is 2.29. The number of anilines is 1. The molecule has 3 aromatic rings. The molecule has 0 saturated carbocycles. The Morgan fingerprint density at radius 3 is 2.68 bits per heavy atom. The maximum absolute atomic E-state index is 12.4. The van der Waals surface area contributed by atoms with Crippen molar-refractivity contribution < 1.29 is 9.59 Å². The van der Waals surface area contributed by atoms with Crippen LogP contribution in [0.2, 0.25) is 0 Å². The minimum Gasteiger partial charge on any atom is -0.348 e. The molecule has 34 heavy (non-hydrogen) atoms. The summed E-state index contributed by atoms with van der Waals surface area (Å²) in [6.45, 7) is 13.9. The van der Waals surface area contributed by atoms with Gasteiger partial charge in [0.25, 0.3) is 5.91 Å². The van der Waals surface area contributed by atoms with Crippen LogP contribution in [-0.2, 0) is 10.3 Å². The summed E-state index contributed by atoms with van der Waals surface area (Å²) in [7, 11) is 0. The number of hydrogen-bond acceptors (Lipinski definition) is 5. The standard InChI is InChI=1S/C26H31N5O2S/c1-7-27-13-19-9-8-18(12-21(19)17(2)3)22-16-34-25(29-22)30-23(32)14-28-24(33)20-10-11-31(15-20)26(4,5)6/h7-13,15-17H,1,14H2,2-6H3,(H,28,33)(H,29,30,32). The molecule has 0 spiro atoms. The molecule has 2 amide bonds. The second-order valence-corrected chi connectivity index (χ2v) is 10.1. The van der Waals surface area contributed by atoms with Gasteiger partial charge in [0.2, 0.25) is 5.91 Å². The maximum atomic E-state index is 12.4. The van der Waals surface area contributed by atoms with Gasteiger partial charge in [-0.15, -0.1) is 11.3 Å². The Morgan fingerprint density at radius 1 is 1.26 bits per heavy atom. The lowest BCUT2D eigenvalue weighted by Gasteiger charge is -2.20. The van der Waals surface area contributed by atoms with E-state index in [1.54, 1.807) is 18.5 Å². The second kappa shape index (κ2) is 10.6. The maximum Gasteiger partial charge on any atom is 0.253 e. The van der Waals surface area contributed by atoms with Crippen molar-refractivity contribution in [2.75, 3.05) is 11.9 Å². The predicted octanol–water partition coefficient (Wildman–Crippen LogP) is 5.42. The Labute approximate surface area is 204 Å². The summed E-state index contributed by atoms with van der Waals surface area (Å²) in [6, 6.07) is 7.84. The molecule has 0 aliphatic carbocycles. The summed E-state index contributed by atoms with van der Waals surface area (Å²) >= 11 is 1.34. The van der Waals surface area contributed by atoms with Gasteiger partial charge in [0, 0.05) is 41.3 Å². The Morgan fingerprint density at radius 2 is 2.03 bits per heavy atom. The zero-order valence-electron chi connectivity index (χ0n) is 20.3. The molecule has 0 saturated heterocycles. The summed E-state index contributed by atoms with van der Waals surface area (Å²) < 4.78 is 1.96. The average Bonchev–Trinajstić information content (AvgIpc) is 3.46. The van der Waals surface area contributed by atoms with E-state index >= 15 is 0 Å². The Hall–Kier alpha value is -3.52. The number of carbonyl (C=O) groups excluding carboxylic acids is 2. The van der Waals surface area contributed by atoms with Gasteiger partial charge in [0.15, 0.2) is 5.13 Å². The predicted molar refractivity (Wildman–Crippen MR) is 140 cm³/mol. The minimum absolute atomic E-state index is 0.117. The number of nitrogens with one attached hydrogen (secondary N) is 2. The molecule has 0 bridgehead atoms. The van der Waals surface area contributed by atoms with E-state index in [0.29, 0.717) is 16.6 Å². The van der Waals surface area contributed by atoms with Crippen LogP contribution < -0.4 is 10.6 Å². The minimum atomic E-state index is -0.330. The zero-order valence-corrected chi connectivity index (χ0v) is 21.1. The lowest BCUT2D eigenvalue weighted by Crippen LogP contribution is -2.32. The van der Waals surface area contributed by atoms with Crippen molar-refractivity contribution in [3.05, 3.63) is 71.5 Å². The molecule has 2 heterocycles. The topological polar surface area (TPSA) is 88.4 Å². The monoisotopic (exact) mass is 477 g/mol. The van der Waals surface area contributed by atoms with Crippen LogP contribution >= 0.6 is 11.3 Å². The number of aliphatic imine (C=N–C) groups is 1. The third-order valence-electron chi connectivity index (χ3n) is 5.21. The zero-order chi connectivity index (χ0) is 24.9. The summed E-state index contributed by atoms with van der Waals surface area (Å²) in [5, 5.41) is 7.81. The summed E-state index contributed by atoms with van der Waals surface area (Å²) in [5.74, 6) is -0.310. The first-order valence-corrected chi connectivity index (χ1v) is 12.0. The van der Waals surface area contributed by atoms with Crippen LogP contribution in [0.3, 0.4) is 0 Å². The molecule has 178 valence electrons. The van der Waals surface area contributed by atoms with Crippen molar-refractivity contribution >= 4 is 34.5 Å². The Bertz CT molecular complexity index is 1210. The number of amides is 2. The Balaban J connectivity index is 1.62. The van der Waals surface area contributed by atoms with Gasteiger partial charge in [0.1, 0.15) is 0 Å². The molecule has 0 atom stereocenters. The van der Waals surface area contributed by atoms with E-state index in [0.717, 1.165) is 22.4 Å². The van der Waals surface area contributed by atoms with Crippen molar-refractivity contribution in [1.29, 1.82) is 0 Å². The van der Waals surface area contributed by atoms with E-state index in [1.165, 1.54) is 17.5 Å². The summed E-state index contributed by atoms with van der Waals surface area (Å²) in [5.41, 5.74) is 4.34. The fraction of sp³-hybridized carbons (Fsp3) is 0.308. The number of carbonyl (C=O) groups is 2. The number of rotatable bonds is 8. The largest absolute Gasteiger partial charge is 0.348 e. The molecule has 7 nitrogen and oxygen atoms in total. The lowest BCUT2D eigenvalue weighted by molar-refractivity contribution is -0.115. The van der Waals surface area contributed by atoms with Crippen LogP contribution in [0.4, 0.5) is 5.13 Å². The van der Waals surface area contributed by atoms with Crippen LogP contribution in [0.1, 0.15) is 62.0 Å². The highest BCUT2D eigenvalue weighted by atomic mass is 32.1. The van der Waals surface area contributed by atoms with E-state index in [1.807, 2.05) is 28.3 Å². The SMILES string of the molecule is C=CN=Cc1ccc(-c2csc(NC(=O)CNC(=O)c3ccn(C(C)(C)C)c3)n2)cc1C(C)C. The van der Waals surface area contributed by atoms with E-state index in [4.69, 9.17) is 0 Å². The smallest absolute Gasteiger partial charge is 0.253 e. The van der Waals surface area contributed by atoms with Gasteiger partial charge in [-0.1, -0.05) is 32.6 Å². The first kappa shape index (κ1) is 25.1. The highest BCUT2D eigenvalue weighted by molar-refractivity contribution is 7.14. The second-order valence-electron chi connectivity index (χ2n) is 9.21. The van der Waals surface area contributed by atoms with Crippen molar-refractivity contribution in [1.82, 2.24) is 14.9 Å². The quantitative estimate of drug-likeness (QED) is 0.425. The van der Waals surface area contributed by atoms with E-state index in [9.17, 15) is 9.59 Å². The number of nitrogens with zero attached hydrogens (tertiary/aromatic N) is 3. The van der Waals surface area contributed by atoms with Crippen LogP contribution in [-0.4, -0.2) is 34.1 Å². The number of benzene rings is 1. The van der Waals surface area contributed by atoms with E-state index < -0.39 is 0 Å². The first-order valence-electron chi connectivity index (χ1n) is 11.1. The molecule has 0 unspecified atom stereocenters. The first-order chi connectivity index (χ1) is 16.1. The van der Waals surface area contributed by atoms with Crippen LogP contribution in [0.15, 0.2) is 59.8 Å². The van der Waals surface area contributed by atoms with Crippen molar-refractivity contribution in [3.63, 3.8) is 0 Å². The Kier molecular flexibility index (Phi) is 7.83. The summed E-state index contributed by atoms with van der Waals surface area (Å²) in [6.07, 6.45) is 6.94. The number of hydrogen-bond donors (Lipinski definition) is 2. The fourth-order valence-corrected chi connectivity index (χ4v) is 4.06. The third-order valence-corrected chi connectivity index (χ3v) is 5.97. The van der Waals surface area contributed by atoms with E-state index in [-0.39, 0.29) is 23.9 Å². The van der Waals surface area contributed by atoms with Crippen molar-refractivity contribution in [3.8, 4) is 11.3 Å². The van der Waals surface area contributed by atoms with Crippen LogP contribution in [0, 0.1) is 0 Å². The van der Waals surface area contributed by atoms with Gasteiger partial charge < -0.3 is 15.2 Å². The van der Waals surface area contributed by atoms with Gasteiger partial charge in [-0.2, -0.15) is 0 Å². The van der Waals surface area contributed by atoms with Crippen molar-refractivity contribution in [2.24, 2.45) is 4.99 Å². The number of thiazole rings is 1. The highest BCUT2D eigenvalue weighted by Gasteiger charge is 2.16. The van der Waals surface area contributed by atoms with Gasteiger partial charge in [-0.25, -0.2) is 4.98 Å². The fourth-order valence-electron chi connectivity index (χ4n) is 3.32. The molecule has 3 rings (SSSR count). The molecule has 0 fully saturated rings. The molecule has 2 N–H and O–H groups in total. The summed E-state index contributed by atoms with van der Waals surface area (Å²) in [4.78, 5) is 33.4. The van der Waals surface area contributed by atoms with Gasteiger partial charge in [-0.05, 0) is 49.9 Å². The molecule has 8 heteroatoms. The molecule has 1 aromatic carbocycles. The normalized spacial score (nSPS) is 11.7.